The van der Waals surface area contributed by atoms with E-state index in [9.17, 15) is 4.79 Å². The summed E-state index contributed by atoms with van der Waals surface area (Å²) < 4.78 is 0. The predicted octanol–water partition coefficient (Wildman–Crippen LogP) is 3.37. The van der Waals surface area contributed by atoms with E-state index in [0.717, 1.165) is 30.7 Å². The maximum Gasteiger partial charge on any atom is 0.223 e. The highest BCUT2D eigenvalue weighted by molar-refractivity contribution is 5.81. The van der Waals surface area contributed by atoms with E-state index in [1.807, 2.05) is 0 Å². The van der Waals surface area contributed by atoms with Gasteiger partial charge in [-0.3, -0.25) is 4.79 Å². The molecule has 5 aliphatic carbocycles. The van der Waals surface area contributed by atoms with E-state index in [-0.39, 0.29) is 0 Å². The van der Waals surface area contributed by atoms with Crippen molar-refractivity contribution < 1.29 is 4.79 Å². The van der Waals surface area contributed by atoms with Crippen LogP contribution in [0.2, 0.25) is 0 Å². The van der Waals surface area contributed by atoms with Gasteiger partial charge in [-0.1, -0.05) is 6.92 Å². The third-order valence-electron chi connectivity index (χ3n) is 6.57. The first-order valence-corrected chi connectivity index (χ1v) is 8.41. The first-order chi connectivity index (χ1) is 9.13. The van der Waals surface area contributed by atoms with Crippen LogP contribution in [0.25, 0.3) is 0 Å². The standard InChI is InChI=1S/C17H27NO/c1-11-4-15(11)16(19)18-3-2-17-8-12-5-13(9-17)7-14(6-12)10-17/h11-15H,2-10H2,1H3,(H,18,19)/t11-,12?,13?,14?,15+,17?/m1/s1. The van der Waals surface area contributed by atoms with Crippen molar-refractivity contribution in [1.82, 2.24) is 5.32 Å². The lowest BCUT2D eigenvalue weighted by Crippen LogP contribution is -2.47. The molecule has 0 aromatic heterocycles. The second kappa shape index (κ2) is 4.23. The first-order valence-electron chi connectivity index (χ1n) is 8.41. The molecule has 2 nitrogen and oxygen atoms in total. The van der Waals surface area contributed by atoms with Crippen LogP contribution in [-0.2, 0) is 4.79 Å². The molecule has 0 aromatic rings. The zero-order chi connectivity index (χ0) is 13.0. The summed E-state index contributed by atoms with van der Waals surface area (Å²) in [7, 11) is 0. The molecule has 19 heavy (non-hydrogen) atoms. The molecular weight excluding hydrogens is 234 g/mol. The molecule has 5 rings (SSSR count). The highest BCUT2D eigenvalue weighted by atomic mass is 16.2. The van der Waals surface area contributed by atoms with Gasteiger partial charge in [0.15, 0.2) is 0 Å². The summed E-state index contributed by atoms with van der Waals surface area (Å²) in [6.07, 6.45) is 11.3. The van der Waals surface area contributed by atoms with E-state index < -0.39 is 0 Å². The van der Waals surface area contributed by atoms with Crippen molar-refractivity contribution in [2.24, 2.45) is 35.0 Å². The van der Waals surface area contributed by atoms with Crippen molar-refractivity contribution in [3.05, 3.63) is 0 Å². The van der Waals surface area contributed by atoms with Crippen molar-refractivity contribution in [2.45, 2.75) is 58.3 Å². The third kappa shape index (κ3) is 2.21. The largest absolute Gasteiger partial charge is 0.356 e. The number of hydrogen-bond donors (Lipinski definition) is 1. The Bertz CT molecular complexity index is 353. The minimum absolute atomic E-state index is 0.331. The molecule has 5 aliphatic rings. The molecule has 2 heteroatoms. The number of amides is 1. The van der Waals surface area contributed by atoms with Gasteiger partial charge in [0.1, 0.15) is 0 Å². The van der Waals surface area contributed by atoms with Gasteiger partial charge in [-0.25, -0.2) is 0 Å². The molecule has 0 radical (unpaired) electrons. The summed E-state index contributed by atoms with van der Waals surface area (Å²) in [6, 6.07) is 0. The van der Waals surface area contributed by atoms with Crippen molar-refractivity contribution >= 4 is 5.91 Å². The smallest absolute Gasteiger partial charge is 0.223 e. The lowest BCUT2D eigenvalue weighted by atomic mass is 9.49. The highest BCUT2D eigenvalue weighted by Crippen LogP contribution is 2.61. The van der Waals surface area contributed by atoms with Crippen LogP contribution >= 0.6 is 0 Å². The third-order valence-corrected chi connectivity index (χ3v) is 6.57. The topological polar surface area (TPSA) is 29.1 Å². The molecule has 5 saturated carbocycles. The summed E-state index contributed by atoms with van der Waals surface area (Å²) in [6.45, 7) is 3.12. The van der Waals surface area contributed by atoms with Gasteiger partial charge in [-0.05, 0) is 80.5 Å². The monoisotopic (exact) mass is 261 g/mol. The number of nitrogens with one attached hydrogen (secondary N) is 1. The van der Waals surface area contributed by atoms with Gasteiger partial charge in [0.05, 0.1) is 0 Å². The first kappa shape index (κ1) is 12.2. The quantitative estimate of drug-likeness (QED) is 0.826. The highest BCUT2D eigenvalue weighted by Gasteiger charge is 2.50. The SMILES string of the molecule is C[C@@H]1C[C@@H]1C(=O)NCCC12CC3CC(CC(C3)C1)C2. The maximum absolute atomic E-state index is 11.9. The van der Waals surface area contributed by atoms with E-state index in [4.69, 9.17) is 0 Å². The van der Waals surface area contributed by atoms with Crippen molar-refractivity contribution in [1.29, 1.82) is 0 Å². The molecule has 0 aliphatic heterocycles. The Balaban J connectivity index is 1.31. The summed E-state index contributed by atoms with van der Waals surface area (Å²) in [5.74, 6) is 4.41. The summed E-state index contributed by atoms with van der Waals surface area (Å²) in [4.78, 5) is 11.9. The molecule has 1 N–H and O–H groups in total. The molecular formula is C17H27NO. The van der Waals surface area contributed by atoms with Gasteiger partial charge in [0.25, 0.3) is 0 Å². The minimum Gasteiger partial charge on any atom is -0.356 e. The average Bonchev–Trinajstić information content (AvgIpc) is 3.04. The van der Waals surface area contributed by atoms with Crippen LogP contribution in [0.1, 0.15) is 58.3 Å². The van der Waals surface area contributed by atoms with Crippen molar-refractivity contribution in [2.75, 3.05) is 6.54 Å². The van der Waals surface area contributed by atoms with Gasteiger partial charge in [-0.15, -0.1) is 0 Å². The lowest BCUT2D eigenvalue weighted by molar-refractivity contribution is -0.123. The van der Waals surface area contributed by atoms with Gasteiger partial charge in [-0.2, -0.15) is 0 Å². The van der Waals surface area contributed by atoms with Crippen LogP contribution in [0, 0.1) is 35.0 Å². The van der Waals surface area contributed by atoms with Crippen LogP contribution in [-0.4, -0.2) is 12.5 Å². The van der Waals surface area contributed by atoms with Gasteiger partial charge in [0.2, 0.25) is 5.91 Å². The molecule has 2 atom stereocenters. The zero-order valence-corrected chi connectivity index (χ0v) is 12.2. The molecule has 0 spiro atoms. The zero-order valence-electron chi connectivity index (χ0n) is 12.2. The van der Waals surface area contributed by atoms with Crippen LogP contribution in [0.3, 0.4) is 0 Å². The van der Waals surface area contributed by atoms with Gasteiger partial charge < -0.3 is 5.32 Å². The molecule has 4 bridgehead atoms. The van der Waals surface area contributed by atoms with E-state index in [0.29, 0.717) is 23.2 Å². The molecule has 0 unspecified atom stereocenters. The Labute approximate surface area is 116 Å². The summed E-state index contributed by atoms with van der Waals surface area (Å²) in [5.41, 5.74) is 0.622. The van der Waals surface area contributed by atoms with Crippen LogP contribution in [0.4, 0.5) is 0 Å². The second-order valence-corrected chi connectivity index (χ2v) is 8.28. The van der Waals surface area contributed by atoms with E-state index in [1.54, 1.807) is 0 Å². The summed E-state index contributed by atoms with van der Waals surface area (Å²) in [5, 5.41) is 3.21. The van der Waals surface area contributed by atoms with Gasteiger partial charge >= 0.3 is 0 Å². The Morgan fingerprint density at radius 1 is 1.05 bits per heavy atom. The second-order valence-electron chi connectivity index (χ2n) is 8.28. The van der Waals surface area contributed by atoms with Crippen LogP contribution < -0.4 is 5.32 Å². The Morgan fingerprint density at radius 3 is 2.05 bits per heavy atom. The van der Waals surface area contributed by atoms with Crippen molar-refractivity contribution in [3.8, 4) is 0 Å². The lowest BCUT2D eigenvalue weighted by Gasteiger charge is -2.57. The molecule has 5 fully saturated rings. The van der Waals surface area contributed by atoms with Crippen molar-refractivity contribution in [3.63, 3.8) is 0 Å². The Kier molecular flexibility index (Phi) is 2.72. The summed E-state index contributed by atoms with van der Waals surface area (Å²) >= 11 is 0. The normalized spacial score (nSPS) is 50.3. The van der Waals surface area contributed by atoms with Crippen LogP contribution in [0.15, 0.2) is 0 Å². The van der Waals surface area contributed by atoms with Crippen LogP contribution in [0.5, 0.6) is 0 Å². The fraction of sp³-hybridized carbons (Fsp3) is 0.941. The van der Waals surface area contributed by atoms with E-state index in [2.05, 4.69) is 12.2 Å². The van der Waals surface area contributed by atoms with E-state index in [1.165, 1.54) is 44.9 Å². The number of rotatable bonds is 4. The number of hydrogen-bond acceptors (Lipinski definition) is 1. The fourth-order valence-corrected chi connectivity index (χ4v) is 5.87. The van der Waals surface area contributed by atoms with E-state index >= 15 is 0 Å². The predicted molar refractivity (Wildman–Crippen MR) is 75.5 cm³/mol. The molecule has 1 amide bonds. The maximum atomic E-state index is 11.9. The molecule has 106 valence electrons. The minimum atomic E-state index is 0.331. The van der Waals surface area contributed by atoms with Gasteiger partial charge in [0, 0.05) is 12.5 Å². The number of carbonyl (C=O) groups is 1. The fourth-order valence-electron chi connectivity index (χ4n) is 5.87. The molecule has 0 saturated heterocycles. The molecule has 0 heterocycles. The Hall–Kier alpha value is -0.530. The average molecular weight is 261 g/mol. The Morgan fingerprint density at radius 2 is 1.58 bits per heavy atom. The molecule has 0 aromatic carbocycles. The number of carbonyl (C=O) groups excluding carboxylic acids is 1.